The van der Waals surface area contributed by atoms with Crippen molar-refractivity contribution < 1.29 is 19.0 Å². The van der Waals surface area contributed by atoms with Gasteiger partial charge in [0.2, 0.25) is 11.1 Å². The van der Waals surface area contributed by atoms with Crippen molar-refractivity contribution in [3.8, 4) is 17.2 Å². The minimum atomic E-state index is -0.674. The number of halogens is 3. The van der Waals surface area contributed by atoms with Crippen molar-refractivity contribution in [3.63, 3.8) is 0 Å². The number of para-hydroxylation sites is 2. The zero-order chi connectivity index (χ0) is 33.8. The van der Waals surface area contributed by atoms with E-state index in [1.807, 2.05) is 61.5 Å². The lowest BCUT2D eigenvalue weighted by Gasteiger charge is -2.29. The average Bonchev–Trinajstić information content (AvgIpc) is 3.49. The van der Waals surface area contributed by atoms with Crippen LogP contribution in [-0.2, 0) is 17.2 Å². The molecule has 5 aromatic rings. The van der Waals surface area contributed by atoms with E-state index in [9.17, 15) is 4.79 Å². The Bertz CT molecular complexity index is 2020. The third-order valence-electron chi connectivity index (χ3n) is 7.65. The molecule has 9 nitrogen and oxygen atoms in total. The molecule has 0 spiro atoms. The van der Waals surface area contributed by atoms with Crippen molar-refractivity contribution in [2.45, 2.75) is 30.5 Å². The minimum absolute atomic E-state index is 0.198. The van der Waals surface area contributed by atoms with Crippen LogP contribution in [0.5, 0.6) is 17.2 Å². The van der Waals surface area contributed by atoms with Gasteiger partial charge in [-0.25, -0.2) is 4.68 Å². The van der Waals surface area contributed by atoms with Gasteiger partial charge in [-0.3, -0.25) is 4.79 Å². The maximum absolute atomic E-state index is 14.1. The van der Waals surface area contributed by atoms with Crippen molar-refractivity contribution in [2.75, 3.05) is 24.9 Å². The summed E-state index contributed by atoms with van der Waals surface area (Å²) in [5.41, 5.74) is 4.05. The van der Waals surface area contributed by atoms with Crippen LogP contribution in [0.15, 0.2) is 101 Å². The van der Waals surface area contributed by atoms with E-state index < -0.39 is 6.04 Å². The summed E-state index contributed by atoms with van der Waals surface area (Å²) in [5.74, 6) is 2.22. The second-order valence-corrected chi connectivity index (χ2v) is 12.9. The third-order valence-corrected chi connectivity index (χ3v) is 9.49. The van der Waals surface area contributed by atoms with Crippen molar-refractivity contribution in [2.24, 2.45) is 0 Å². The number of anilines is 2. The van der Waals surface area contributed by atoms with E-state index in [0.29, 0.717) is 66.1 Å². The SMILES string of the molecule is COc1ccccc1NC(=O)C1=C(C)Nc2nc(SCc3ccccc3Cl)nn2C1c1ccc(OCc2ccc(Cl)cc2Cl)c(OC)c1. The summed E-state index contributed by atoms with van der Waals surface area (Å²) in [6, 6.07) is 25.0. The molecule has 48 heavy (non-hydrogen) atoms. The van der Waals surface area contributed by atoms with E-state index in [4.69, 9.17) is 59.1 Å². The molecule has 0 radical (unpaired) electrons. The summed E-state index contributed by atoms with van der Waals surface area (Å²) >= 11 is 20.3. The molecule has 0 aliphatic carbocycles. The normalized spacial score (nSPS) is 13.8. The number of nitrogens with one attached hydrogen (secondary N) is 2. The van der Waals surface area contributed by atoms with Gasteiger partial charge in [-0.05, 0) is 60.5 Å². The molecule has 6 rings (SSSR count). The van der Waals surface area contributed by atoms with E-state index in [0.717, 1.165) is 16.7 Å². The van der Waals surface area contributed by atoms with Gasteiger partial charge < -0.3 is 24.8 Å². The number of thioether (sulfide) groups is 1. The highest BCUT2D eigenvalue weighted by Crippen LogP contribution is 2.41. The Hall–Kier alpha value is -4.35. The van der Waals surface area contributed by atoms with E-state index in [1.165, 1.54) is 11.8 Å². The maximum atomic E-state index is 14.1. The van der Waals surface area contributed by atoms with Gasteiger partial charge in [0.25, 0.3) is 5.91 Å². The molecule has 0 bridgehead atoms. The molecule has 1 aliphatic heterocycles. The summed E-state index contributed by atoms with van der Waals surface area (Å²) in [6.45, 7) is 2.04. The van der Waals surface area contributed by atoms with Crippen LogP contribution in [0, 0.1) is 0 Å². The standard InChI is InChI=1S/C35H30Cl3N5O4S/c1-20-31(33(44)40-27-10-6-7-11-28(27)45-2)32(43-34(39-20)41-35(42-43)48-19-23-8-4-5-9-25(23)37)21-13-15-29(30(16-21)46-3)47-18-22-12-14-24(36)17-26(22)38/h4-17,32H,18-19H2,1-3H3,(H,40,44)(H,39,41,42). The Labute approximate surface area is 297 Å². The van der Waals surface area contributed by atoms with Gasteiger partial charge >= 0.3 is 0 Å². The maximum Gasteiger partial charge on any atom is 0.255 e. The molecule has 13 heteroatoms. The highest BCUT2D eigenvalue weighted by molar-refractivity contribution is 7.98. The van der Waals surface area contributed by atoms with Gasteiger partial charge in [0, 0.05) is 32.1 Å². The Morgan fingerprint density at radius 3 is 2.44 bits per heavy atom. The first-order valence-corrected chi connectivity index (χ1v) is 16.9. The van der Waals surface area contributed by atoms with E-state index in [-0.39, 0.29) is 12.5 Å². The highest BCUT2D eigenvalue weighted by atomic mass is 35.5. The Morgan fingerprint density at radius 2 is 1.67 bits per heavy atom. The van der Waals surface area contributed by atoms with Crippen LogP contribution in [0.1, 0.15) is 29.7 Å². The first-order chi connectivity index (χ1) is 23.2. The lowest BCUT2D eigenvalue weighted by atomic mass is 9.94. The number of carbonyl (C=O) groups excluding carboxylic acids is 1. The van der Waals surface area contributed by atoms with Crippen molar-refractivity contribution in [1.29, 1.82) is 0 Å². The Kier molecular flexibility index (Phi) is 10.4. The van der Waals surface area contributed by atoms with Crippen LogP contribution in [-0.4, -0.2) is 34.9 Å². The molecule has 0 fully saturated rings. The number of fused-ring (bicyclic) bond motifs is 1. The molecule has 2 N–H and O–H groups in total. The van der Waals surface area contributed by atoms with Crippen LogP contribution >= 0.6 is 46.6 Å². The summed E-state index contributed by atoms with van der Waals surface area (Å²) in [5, 5.41) is 13.4. The fourth-order valence-electron chi connectivity index (χ4n) is 5.26. The molecule has 0 saturated carbocycles. The quantitative estimate of drug-likeness (QED) is 0.130. The number of amides is 1. The molecule has 2 heterocycles. The van der Waals surface area contributed by atoms with Crippen LogP contribution in [0.2, 0.25) is 15.1 Å². The first-order valence-electron chi connectivity index (χ1n) is 14.7. The molecular weight excluding hydrogens is 693 g/mol. The van der Waals surface area contributed by atoms with E-state index >= 15 is 0 Å². The molecular formula is C35H30Cl3N5O4S. The molecule has 1 unspecified atom stereocenters. The van der Waals surface area contributed by atoms with Crippen molar-refractivity contribution >= 4 is 64.1 Å². The van der Waals surface area contributed by atoms with Crippen LogP contribution in [0.25, 0.3) is 0 Å². The van der Waals surface area contributed by atoms with Crippen molar-refractivity contribution in [1.82, 2.24) is 14.8 Å². The molecule has 1 atom stereocenters. The van der Waals surface area contributed by atoms with Gasteiger partial charge in [0.15, 0.2) is 11.5 Å². The van der Waals surface area contributed by atoms with Gasteiger partial charge in [0.05, 0.1) is 25.5 Å². The van der Waals surface area contributed by atoms with Crippen LogP contribution in [0.3, 0.4) is 0 Å². The van der Waals surface area contributed by atoms with Gasteiger partial charge in [-0.15, -0.1) is 5.10 Å². The number of methoxy groups -OCH3 is 2. The van der Waals surface area contributed by atoms with Crippen LogP contribution in [0.4, 0.5) is 11.6 Å². The van der Waals surface area contributed by atoms with Gasteiger partial charge in [-0.1, -0.05) is 89.0 Å². The number of ether oxygens (including phenoxy) is 3. The minimum Gasteiger partial charge on any atom is -0.495 e. The molecule has 1 amide bonds. The number of hydrogen-bond donors (Lipinski definition) is 2. The second kappa shape index (κ2) is 14.8. The zero-order valence-electron chi connectivity index (χ0n) is 26.1. The monoisotopic (exact) mass is 721 g/mol. The summed E-state index contributed by atoms with van der Waals surface area (Å²) in [7, 11) is 3.12. The number of rotatable bonds is 11. The number of nitrogens with zero attached hydrogens (tertiary/aromatic N) is 3. The average molecular weight is 723 g/mol. The first kappa shape index (κ1) is 33.5. The van der Waals surface area contributed by atoms with Gasteiger partial charge in [-0.2, -0.15) is 4.98 Å². The topological polar surface area (TPSA) is 99.5 Å². The van der Waals surface area contributed by atoms with E-state index in [1.54, 1.807) is 49.2 Å². The predicted octanol–water partition coefficient (Wildman–Crippen LogP) is 9.05. The number of allylic oxidation sites excluding steroid dienone is 1. The van der Waals surface area contributed by atoms with Crippen molar-refractivity contribution in [3.05, 3.63) is 128 Å². The molecule has 4 aromatic carbocycles. The Morgan fingerprint density at radius 1 is 0.896 bits per heavy atom. The van der Waals surface area contributed by atoms with Gasteiger partial charge in [0.1, 0.15) is 18.4 Å². The summed E-state index contributed by atoms with van der Waals surface area (Å²) in [4.78, 5) is 18.9. The number of carbonyl (C=O) groups is 1. The lowest BCUT2D eigenvalue weighted by molar-refractivity contribution is -0.113. The fraction of sp³-hybridized carbons (Fsp3) is 0.171. The molecule has 1 aromatic heterocycles. The number of aromatic nitrogens is 3. The molecule has 1 aliphatic rings. The zero-order valence-corrected chi connectivity index (χ0v) is 29.2. The molecule has 246 valence electrons. The smallest absolute Gasteiger partial charge is 0.255 e. The fourth-order valence-corrected chi connectivity index (χ4v) is 6.84. The number of hydrogen-bond acceptors (Lipinski definition) is 8. The molecule has 0 saturated heterocycles. The summed E-state index contributed by atoms with van der Waals surface area (Å²) < 4.78 is 19.1. The van der Waals surface area contributed by atoms with E-state index in [2.05, 4.69) is 10.6 Å². The highest BCUT2D eigenvalue weighted by Gasteiger charge is 2.35. The Balaban J connectivity index is 1.35. The number of benzene rings is 4. The largest absolute Gasteiger partial charge is 0.495 e. The summed E-state index contributed by atoms with van der Waals surface area (Å²) in [6.07, 6.45) is 0. The van der Waals surface area contributed by atoms with Crippen LogP contribution < -0.4 is 24.8 Å². The lowest BCUT2D eigenvalue weighted by Crippen LogP contribution is -2.31. The predicted molar refractivity (Wildman–Crippen MR) is 191 cm³/mol. The second-order valence-electron chi connectivity index (χ2n) is 10.7. The third kappa shape index (κ3) is 7.22.